The van der Waals surface area contributed by atoms with Crippen LogP contribution in [0.1, 0.15) is 12.5 Å². The van der Waals surface area contributed by atoms with E-state index in [4.69, 9.17) is 5.11 Å². The summed E-state index contributed by atoms with van der Waals surface area (Å²) in [5.41, 5.74) is -0.824. The van der Waals surface area contributed by atoms with E-state index in [9.17, 15) is 13.2 Å². The van der Waals surface area contributed by atoms with Crippen molar-refractivity contribution in [1.29, 1.82) is 0 Å². The smallest absolute Gasteiger partial charge is 0.394 e. The van der Waals surface area contributed by atoms with Gasteiger partial charge in [-0.05, 0) is 28.9 Å². The zero-order valence-electron chi connectivity index (χ0n) is 9.29. The summed E-state index contributed by atoms with van der Waals surface area (Å²) in [6.07, 6.45) is -3.18. The minimum Gasteiger partial charge on any atom is -0.394 e. The van der Waals surface area contributed by atoms with Gasteiger partial charge in [0, 0.05) is 17.7 Å². The van der Waals surface area contributed by atoms with Gasteiger partial charge in [-0.15, -0.1) is 0 Å². The molecule has 3 nitrogen and oxygen atoms in total. The van der Waals surface area contributed by atoms with Crippen molar-refractivity contribution in [2.24, 2.45) is 0 Å². The molecule has 0 aliphatic heterocycles. The molecule has 1 heterocycles. The summed E-state index contributed by atoms with van der Waals surface area (Å²) < 4.78 is 38.7. The van der Waals surface area contributed by atoms with Gasteiger partial charge in [-0.1, -0.05) is 0 Å². The summed E-state index contributed by atoms with van der Waals surface area (Å²) in [6.45, 7) is 1.37. The van der Waals surface area contributed by atoms with E-state index in [0.717, 1.165) is 6.07 Å². The molecular formula is C10H12BrF3N2O. The third kappa shape index (κ3) is 3.32. The third-order valence-corrected chi connectivity index (χ3v) is 2.83. The van der Waals surface area contributed by atoms with Crippen LogP contribution in [0.3, 0.4) is 0 Å². The average molecular weight is 313 g/mol. The standard InChI is InChI=1S/C10H12BrF3N2O/c1-6(5-17)16(2)9-8(10(12,13)14)3-7(11)4-15-9/h3-4,6,17H,5H2,1-2H3. The van der Waals surface area contributed by atoms with E-state index < -0.39 is 17.8 Å². The molecule has 0 fully saturated rings. The van der Waals surface area contributed by atoms with Gasteiger partial charge < -0.3 is 10.0 Å². The van der Waals surface area contributed by atoms with Crippen LogP contribution in [0.15, 0.2) is 16.7 Å². The fraction of sp³-hybridized carbons (Fsp3) is 0.500. The normalized spacial score (nSPS) is 13.6. The number of halogens is 4. The predicted octanol–water partition coefficient (Wildman–Crippen LogP) is 2.68. The highest BCUT2D eigenvalue weighted by molar-refractivity contribution is 9.10. The molecule has 0 aliphatic rings. The summed E-state index contributed by atoms with van der Waals surface area (Å²) >= 11 is 2.96. The van der Waals surface area contributed by atoms with E-state index >= 15 is 0 Å². The molecule has 0 saturated carbocycles. The van der Waals surface area contributed by atoms with Gasteiger partial charge in [0.2, 0.25) is 0 Å². The Morgan fingerprint density at radius 1 is 1.53 bits per heavy atom. The molecular weight excluding hydrogens is 301 g/mol. The molecule has 1 N–H and O–H groups in total. The van der Waals surface area contributed by atoms with Gasteiger partial charge in [0.25, 0.3) is 0 Å². The van der Waals surface area contributed by atoms with Crippen LogP contribution >= 0.6 is 15.9 Å². The van der Waals surface area contributed by atoms with Crippen molar-refractivity contribution in [2.75, 3.05) is 18.6 Å². The molecule has 1 rings (SSSR count). The highest BCUT2D eigenvalue weighted by Gasteiger charge is 2.36. The van der Waals surface area contributed by atoms with Gasteiger partial charge >= 0.3 is 6.18 Å². The maximum Gasteiger partial charge on any atom is 0.419 e. The molecule has 17 heavy (non-hydrogen) atoms. The van der Waals surface area contributed by atoms with E-state index in [2.05, 4.69) is 20.9 Å². The Bertz CT molecular complexity index is 398. The topological polar surface area (TPSA) is 36.4 Å². The van der Waals surface area contributed by atoms with Crippen molar-refractivity contribution in [3.63, 3.8) is 0 Å². The van der Waals surface area contributed by atoms with Crippen LogP contribution in [-0.2, 0) is 6.18 Å². The van der Waals surface area contributed by atoms with Crippen LogP contribution in [0.25, 0.3) is 0 Å². The Hall–Kier alpha value is -0.820. The lowest BCUT2D eigenvalue weighted by molar-refractivity contribution is -0.137. The summed E-state index contributed by atoms with van der Waals surface area (Å²) in [4.78, 5) is 5.06. The number of hydrogen-bond acceptors (Lipinski definition) is 3. The van der Waals surface area contributed by atoms with Crippen LogP contribution < -0.4 is 4.90 Å². The van der Waals surface area contributed by atoms with Crippen LogP contribution in [0.4, 0.5) is 19.0 Å². The minimum atomic E-state index is -4.48. The molecule has 0 spiro atoms. The van der Waals surface area contributed by atoms with E-state index in [1.54, 1.807) is 6.92 Å². The number of aliphatic hydroxyl groups is 1. The first-order valence-corrected chi connectivity index (χ1v) is 5.63. The summed E-state index contributed by atoms with van der Waals surface area (Å²) in [7, 11) is 1.46. The number of pyridine rings is 1. The van der Waals surface area contributed by atoms with Crippen LogP contribution in [-0.4, -0.2) is 29.8 Å². The van der Waals surface area contributed by atoms with Crippen molar-refractivity contribution in [3.8, 4) is 0 Å². The molecule has 7 heteroatoms. The first-order valence-electron chi connectivity index (χ1n) is 4.83. The molecule has 96 valence electrons. The minimum absolute atomic E-state index is 0.192. The Labute approximate surface area is 105 Å². The fourth-order valence-electron chi connectivity index (χ4n) is 1.25. The summed E-state index contributed by atoms with van der Waals surface area (Å²) in [5, 5.41) is 8.95. The lowest BCUT2D eigenvalue weighted by Gasteiger charge is -2.27. The van der Waals surface area contributed by atoms with Crippen molar-refractivity contribution < 1.29 is 18.3 Å². The van der Waals surface area contributed by atoms with Gasteiger partial charge in [-0.2, -0.15) is 13.2 Å². The van der Waals surface area contributed by atoms with Crippen molar-refractivity contribution in [1.82, 2.24) is 4.98 Å². The number of aliphatic hydroxyl groups excluding tert-OH is 1. The number of alkyl halides is 3. The van der Waals surface area contributed by atoms with E-state index in [1.165, 1.54) is 18.1 Å². The zero-order chi connectivity index (χ0) is 13.2. The van der Waals surface area contributed by atoms with E-state index in [0.29, 0.717) is 0 Å². The molecule has 1 aromatic heterocycles. The first kappa shape index (κ1) is 14.2. The SMILES string of the molecule is CC(CO)N(C)c1ncc(Br)cc1C(F)(F)F. The van der Waals surface area contributed by atoms with Crippen LogP contribution in [0.5, 0.6) is 0 Å². The quantitative estimate of drug-likeness (QED) is 0.932. The maximum atomic E-state index is 12.8. The van der Waals surface area contributed by atoms with Crippen LogP contribution in [0.2, 0.25) is 0 Å². The number of nitrogens with zero attached hydrogens (tertiary/aromatic N) is 2. The first-order chi connectivity index (χ1) is 7.77. The van der Waals surface area contributed by atoms with Crippen molar-refractivity contribution in [2.45, 2.75) is 19.1 Å². The molecule has 1 aromatic rings. The van der Waals surface area contributed by atoms with Gasteiger partial charge in [0.1, 0.15) is 5.82 Å². The lowest BCUT2D eigenvalue weighted by atomic mass is 10.2. The maximum absolute atomic E-state index is 12.8. The number of hydrogen-bond donors (Lipinski definition) is 1. The Morgan fingerprint density at radius 2 is 2.12 bits per heavy atom. The van der Waals surface area contributed by atoms with Gasteiger partial charge in [0.05, 0.1) is 18.2 Å². The number of anilines is 1. The van der Waals surface area contributed by atoms with E-state index in [-0.39, 0.29) is 16.9 Å². The molecule has 0 saturated heterocycles. The molecule has 1 unspecified atom stereocenters. The van der Waals surface area contributed by atoms with Crippen molar-refractivity contribution >= 4 is 21.7 Å². The zero-order valence-corrected chi connectivity index (χ0v) is 10.9. The summed E-state index contributed by atoms with van der Waals surface area (Å²) in [6, 6.07) is 0.535. The van der Waals surface area contributed by atoms with Crippen molar-refractivity contribution in [3.05, 3.63) is 22.3 Å². The molecule has 1 atom stereocenters. The van der Waals surface area contributed by atoms with Gasteiger partial charge in [-0.25, -0.2) is 4.98 Å². The van der Waals surface area contributed by atoms with Gasteiger partial charge in [-0.3, -0.25) is 0 Å². The number of aromatic nitrogens is 1. The third-order valence-electron chi connectivity index (χ3n) is 2.40. The second-order valence-electron chi connectivity index (χ2n) is 3.66. The highest BCUT2D eigenvalue weighted by Crippen LogP contribution is 2.36. The Balaban J connectivity index is 3.24. The number of rotatable bonds is 3. The second-order valence-corrected chi connectivity index (χ2v) is 4.58. The monoisotopic (exact) mass is 312 g/mol. The predicted molar refractivity (Wildman–Crippen MR) is 61.9 cm³/mol. The Morgan fingerprint density at radius 3 is 2.59 bits per heavy atom. The molecule has 0 aromatic carbocycles. The lowest BCUT2D eigenvalue weighted by Crippen LogP contribution is -2.34. The van der Waals surface area contributed by atoms with E-state index in [1.807, 2.05) is 0 Å². The highest BCUT2D eigenvalue weighted by atomic mass is 79.9. The fourth-order valence-corrected chi connectivity index (χ4v) is 1.58. The van der Waals surface area contributed by atoms with Crippen LogP contribution in [0, 0.1) is 0 Å². The number of likely N-dealkylation sites (N-methyl/N-ethyl adjacent to an activating group) is 1. The second kappa shape index (κ2) is 5.22. The Kier molecular flexibility index (Phi) is 4.37. The summed E-state index contributed by atoms with van der Waals surface area (Å²) in [5.74, 6) is -0.192. The van der Waals surface area contributed by atoms with Gasteiger partial charge in [0.15, 0.2) is 0 Å². The largest absolute Gasteiger partial charge is 0.419 e. The average Bonchev–Trinajstić information content (AvgIpc) is 2.25. The molecule has 0 radical (unpaired) electrons. The molecule has 0 bridgehead atoms. The molecule has 0 aliphatic carbocycles. The molecule has 0 amide bonds.